The first kappa shape index (κ1) is 13.8. The Morgan fingerprint density at radius 1 is 1.18 bits per heavy atom. The average molecular weight is 239 g/mol. The van der Waals surface area contributed by atoms with Gasteiger partial charge in [-0.25, -0.2) is 0 Å². The number of benzene rings is 1. The van der Waals surface area contributed by atoms with E-state index in [1.54, 1.807) is 21.3 Å². The van der Waals surface area contributed by atoms with Crippen molar-refractivity contribution in [2.24, 2.45) is 0 Å². The Morgan fingerprint density at radius 3 is 2.53 bits per heavy atom. The van der Waals surface area contributed by atoms with Crippen molar-refractivity contribution in [2.75, 3.05) is 27.9 Å². The third-order valence-corrected chi connectivity index (χ3v) is 2.54. The number of hydrogen-bond acceptors (Lipinski definition) is 4. The molecule has 0 saturated heterocycles. The first-order valence-corrected chi connectivity index (χ1v) is 5.65. The zero-order chi connectivity index (χ0) is 12.7. The minimum absolute atomic E-state index is 0.302. The lowest BCUT2D eigenvalue weighted by Crippen LogP contribution is -2.29. The van der Waals surface area contributed by atoms with Crippen LogP contribution in [-0.2, 0) is 11.3 Å². The molecule has 0 fully saturated rings. The largest absolute Gasteiger partial charge is 0.493 e. The second-order valence-electron chi connectivity index (χ2n) is 3.89. The Bertz CT molecular complexity index is 341. The van der Waals surface area contributed by atoms with Crippen LogP contribution < -0.4 is 14.8 Å². The molecular weight excluding hydrogens is 218 g/mol. The molecule has 4 heteroatoms. The summed E-state index contributed by atoms with van der Waals surface area (Å²) in [6, 6.07) is 6.17. The number of para-hydroxylation sites is 1. The van der Waals surface area contributed by atoms with Crippen LogP contribution in [0.1, 0.15) is 12.5 Å². The summed E-state index contributed by atoms with van der Waals surface area (Å²) in [6.45, 7) is 3.49. The molecular formula is C13H21NO3. The summed E-state index contributed by atoms with van der Waals surface area (Å²) < 4.78 is 15.7. The van der Waals surface area contributed by atoms with Crippen LogP contribution in [0.2, 0.25) is 0 Å². The molecule has 0 saturated carbocycles. The maximum atomic E-state index is 5.36. The van der Waals surface area contributed by atoms with Crippen molar-refractivity contribution >= 4 is 0 Å². The van der Waals surface area contributed by atoms with Crippen molar-refractivity contribution in [1.29, 1.82) is 0 Å². The second-order valence-corrected chi connectivity index (χ2v) is 3.89. The van der Waals surface area contributed by atoms with Crippen LogP contribution >= 0.6 is 0 Å². The smallest absolute Gasteiger partial charge is 0.165 e. The summed E-state index contributed by atoms with van der Waals surface area (Å²) >= 11 is 0. The van der Waals surface area contributed by atoms with Crippen molar-refractivity contribution in [3.63, 3.8) is 0 Å². The van der Waals surface area contributed by atoms with Crippen molar-refractivity contribution in [3.05, 3.63) is 23.8 Å². The Balaban J connectivity index is 2.70. The predicted octanol–water partition coefficient (Wildman–Crippen LogP) is 1.83. The van der Waals surface area contributed by atoms with Gasteiger partial charge < -0.3 is 19.5 Å². The fraction of sp³-hybridized carbons (Fsp3) is 0.538. The zero-order valence-corrected chi connectivity index (χ0v) is 10.9. The SMILES string of the molecule is COC[C@H](C)NCc1cccc(OC)c1OC. The summed E-state index contributed by atoms with van der Waals surface area (Å²) in [5, 5.41) is 3.37. The summed E-state index contributed by atoms with van der Waals surface area (Å²) in [7, 11) is 4.99. The summed E-state index contributed by atoms with van der Waals surface area (Å²) in [5.74, 6) is 1.54. The molecule has 0 bridgehead atoms. The van der Waals surface area contributed by atoms with Gasteiger partial charge in [0.15, 0.2) is 11.5 Å². The number of nitrogens with one attached hydrogen (secondary N) is 1. The van der Waals surface area contributed by atoms with Crippen LogP contribution in [0, 0.1) is 0 Å². The minimum atomic E-state index is 0.302. The fourth-order valence-electron chi connectivity index (χ4n) is 1.69. The van der Waals surface area contributed by atoms with Gasteiger partial charge in [-0.15, -0.1) is 0 Å². The van der Waals surface area contributed by atoms with Gasteiger partial charge in [0.25, 0.3) is 0 Å². The molecule has 0 amide bonds. The molecule has 0 unspecified atom stereocenters. The maximum absolute atomic E-state index is 5.36. The Kier molecular flexibility index (Phi) is 5.80. The first-order valence-electron chi connectivity index (χ1n) is 5.65. The molecule has 0 aliphatic carbocycles. The lowest BCUT2D eigenvalue weighted by molar-refractivity contribution is 0.171. The van der Waals surface area contributed by atoms with Gasteiger partial charge in [0, 0.05) is 25.3 Å². The molecule has 0 heterocycles. The van der Waals surface area contributed by atoms with Crippen LogP contribution in [0.4, 0.5) is 0 Å². The lowest BCUT2D eigenvalue weighted by Gasteiger charge is -2.16. The topological polar surface area (TPSA) is 39.7 Å². The van der Waals surface area contributed by atoms with Gasteiger partial charge in [0.1, 0.15) is 0 Å². The van der Waals surface area contributed by atoms with E-state index < -0.39 is 0 Å². The van der Waals surface area contributed by atoms with Crippen LogP contribution in [-0.4, -0.2) is 34.0 Å². The number of ether oxygens (including phenoxy) is 3. The van der Waals surface area contributed by atoms with Gasteiger partial charge in [-0.1, -0.05) is 12.1 Å². The highest BCUT2D eigenvalue weighted by Crippen LogP contribution is 2.30. The zero-order valence-electron chi connectivity index (χ0n) is 10.9. The standard InChI is InChI=1S/C13H21NO3/c1-10(9-15-2)14-8-11-6-5-7-12(16-3)13(11)17-4/h5-7,10,14H,8-9H2,1-4H3/t10-/m0/s1. The summed E-state index contributed by atoms with van der Waals surface area (Å²) in [6.07, 6.45) is 0. The van der Waals surface area contributed by atoms with E-state index in [1.165, 1.54) is 0 Å². The van der Waals surface area contributed by atoms with Crippen LogP contribution in [0.15, 0.2) is 18.2 Å². The molecule has 1 rings (SSSR count). The van der Waals surface area contributed by atoms with Crippen LogP contribution in [0.3, 0.4) is 0 Å². The number of methoxy groups -OCH3 is 3. The third-order valence-electron chi connectivity index (χ3n) is 2.54. The van der Waals surface area contributed by atoms with E-state index in [0.717, 1.165) is 23.6 Å². The van der Waals surface area contributed by atoms with Crippen molar-refractivity contribution in [2.45, 2.75) is 19.5 Å². The summed E-state index contributed by atoms with van der Waals surface area (Å²) in [4.78, 5) is 0. The Morgan fingerprint density at radius 2 is 1.94 bits per heavy atom. The molecule has 96 valence electrons. The van der Waals surface area contributed by atoms with Gasteiger partial charge in [-0.2, -0.15) is 0 Å². The Labute approximate surface area is 103 Å². The van der Waals surface area contributed by atoms with E-state index in [1.807, 2.05) is 18.2 Å². The molecule has 0 radical (unpaired) electrons. The van der Waals surface area contributed by atoms with Crippen LogP contribution in [0.25, 0.3) is 0 Å². The van der Waals surface area contributed by atoms with Gasteiger partial charge in [-0.3, -0.25) is 0 Å². The third kappa shape index (κ3) is 3.91. The minimum Gasteiger partial charge on any atom is -0.493 e. The number of hydrogen-bond donors (Lipinski definition) is 1. The molecule has 0 aliphatic heterocycles. The molecule has 17 heavy (non-hydrogen) atoms. The summed E-state index contributed by atoms with van der Waals surface area (Å²) in [5.41, 5.74) is 1.08. The molecule has 1 N–H and O–H groups in total. The molecule has 1 aromatic rings. The van der Waals surface area contributed by atoms with Crippen molar-refractivity contribution in [3.8, 4) is 11.5 Å². The van der Waals surface area contributed by atoms with Gasteiger partial charge >= 0.3 is 0 Å². The molecule has 1 atom stereocenters. The highest BCUT2D eigenvalue weighted by atomic mass is 16.5. The molecule has 0 aromatic heterocycles. The maximum Gasteiger partial charge on any atom is 0.165 e. The van der Waals surface area contributed by atoms with E-state index in [2.05, 4.69) is 12.2 Å². The van der Waals surface area contributed by atoms with E-state index >= 15 is 0 Å². The van der Waals surface area contributed by atoms with Crippen molar-refractivity contribution < 1.29 is 14.2 Å². The number of rotatable bonds is 7. The van der Waals surface area contributed by atoms with Gasteiger partial charge in [-0.05, 0) is 13.0 Å². The molecule has 1 aromatic carbocycles. The molecule has 0 aliphatic rings. The average Bonchev–Trinajstić information content (AvgIpc) is 2.36. The highest BCUT2D eigenvalue weighted by molar-refractivity contribution is 5.46. The fourth-order valence-corrected chi connectivity index (χ4v) is 1.69. The lowest BCUT2D eigenvalue weighted by atomic mass is 10.1. The quantitative estimate of drug-likeness (QED) is 0.788. The van der Waals surface area contributed by atoms with Gasteiger partial charge in [0.05, 0.1) is 20.8 Å². The van der Waals surface area contributed by atoms with E-state index in [-0.39, 0.29) is 0 Å². The predicted molar refractivity (Wildman–Crippen MR) is 67.7 cm³/mol. The van der Waals surface area contributed by atoms with Crippen molar-refractivity contribution in [1.82, 2.24) is 5.32 Å². The highest BCUT2D eigenvalue weighted by Gasteiger charge is 2.10. The van der Waals surface area contributed by atoms with E-state index in [4.69, 9.17) is 14.2 Å². The molecule has 0 spiro atoms. The van der Waals surface area contributed by atoms with Crippen LogP contribution in [0.5, 0.6) is 11.5 Å². The van der Waals surface area contributed by atoms with E-state index in [9.17, 15) is 0 Å². The first-order chi connectivity index (χ1) is 8.22. The van der Waals surface area contributed by atoms with Gasteiger partial charge in [0.2, 0.25) is 0 Å². The Hall–Kier alpha value is -1.26. The molecule has 4 nitrogen and oxygen atoms in total. The second kappa shape index (κ2) is 7.14. The monoisotopic (exact) mass is 239 g/mol. The van der Waals surface area contributed by atoms with E-state index in [0.29, 0.717) is 12.6 Å². The normalized spacial score (nSPS) is 12.2.